The molecule has 53 heavy (non-hydrogen) atoms. The summed E-state index contributed by atoms with van der Waals surface area (Å²) in [6.07, 6.45) is 11.8. The molecule has 0 spiro atoms. The minimum absolute atomic E-state index is 0.0572. The Balaban J connectivity index is 1.11. The second-order valence-corrected chi connectivity index (χ2v) is 14.5. The molecule has 2 aliphatic rings. The summed E-state index contributed by atoms with van der Waals surface area (Å²) in [5, 5.41) is 6.50. The van der Waals surface area contributed by atoms with E-state index in [1.165, 1.54) is 54.7 Å². The average molecular weight is 709 g/mol. The van der Waals surface area contributed by atoms with Gasteiger partial charge in [0.1, 0.15) is 11.5 Å². The average Bonchev–Trinajstić information content (AvgIpc) is 3.18. The highest BCUT2D eigenvalue weighted by Crippen LogP contribution is 2.46. The Bertz CT molecular complexity index is 2310. The maximum atomic E-state index is 14.1. The third-order valence-corrected chi connectivity index (χ3v) is 11.3. The van der Waals surface area contributed by atoms with Crippen LogP contribution >= 0.6 is 0 Å². The first-order valence-corrected chi connectivity index (χ1v) is 19.0. The maximum Gasteiger partial charge on any atom is 0.261 e. The van der Waals surface area contributed by atoms with Crippen molar-refractivity contribution in [3.8, 4) is 11.5 Å². The topological polar surface area (TPSA) is 93.2 Å². The van der Waals surface area contributed by atoms with Gasteiger partial charge in [0.15, 0.2) is 0 Å². The second kappa shape index (κ2) is 14.1. The molecule has 0 N–H and O–H groups in total. The standard InChI is InChI=1S/C45H44N2O6/c1-4-5-6-7-8-9-10-11-12-13-22-46-42(48)34-18-14-30-32-16-20-36-41-37(21-17-33(39(32)41)31-15-19-35(43(46)49)40(34)38(30)31)45(51)47(44(36)50)26-27-23-28(52-2)25-29(24-27)53-3/h14-21,23-25H,4-13,22,26H2,1-3H3. The summed E-state index contributed by atoms with van der Waals surface area (Å²) in [5.41, 5.74) is 2.69. The van der Waals surface area contributed by atoms with Gasteiger partial charge in [-0.25, -0.2) is 0 Å². The van der Waals surface area contributed by atoms with Crippen LogP contribution in [0.15, 0.2) is 66.7 Å². The molecule has 0 atom stereocenters. The monoisotopic (exact) mass is 708 g/mol. The van der Waals surface area contributed by atoms with Crippen LogP contribution in [-0.4, -0.2) is 54.2 Å². The van der Waals surface area contributed by atoms with Crippen molar-refractivity contribution in [1.29, 1.82) is 0 Å². The fourth-order valence-corrected chi connectivity index (χ4v) is 8.61. The van der Waals surface area contributed by atoms with Crippen LogP contribution in [-0.2, 0) is 6.54 Å². The van der Waals surface area contributed by atoms with Gasteiger partial charge < -0.3 is 9.47 Å². The smallest absolute Gasteiger partial charge is 0.261 e. The molecule has 2 aliphatic heterocycles. The lowest BCUT2D eigenvalue weighted by atomic mass is 9.82. The SMILES string of the molecule is CCCCCCCCCCCCN1C(=O)c2ccc3c4ccc5c6c(ccc(c7ccc(c2c37)C1=O)c64)C(=O)N(Cc1cc(OC)cc(OC)c1)C5=O. The van der Waals surface area contributed by atoms with Gasteiger partial charge in [-0.1, -0.05) is 89.0 Å². The zero-order valence-corrected chi connectivity index (χ0v) is 30.7. The van der Waals surface area contributed by atoms with Crippen molar-refractivity contribution in [2.75, 3.05) is 20.8 Å². The molecule has 8 heteroatoms. The lowest BCUT2D eigenvalue weighted by Gasteiger charge is -2.30. The number of carbonyl (C=O) groups excluding carboxylic acids is 4. The Kier molecular flexibility index (Phi) is 9.23. The number of rotatable bonds is 15. The largest absolute Gasteiger partial charge is 0.497 e. The minimum atomic E-state index is -0.372. The summed E-state index contributed by atoms with van der Waals surface area (Å²) in [5.74, 6) is -0.102. The van der Waals surface area contributed by atoms with E-state index in [0.717, 1.165) is 51.6 Å². The van der Waals surface area contributed by atoms with Crippen molar-refractivity contribution in [2.24, 2.45) is 0 Å². The predicted molar refractivity (Wildman–Crippen MR) is 209 cm³/mol. The molecule has 0 bridgehead atoms. The van der Waals surface area contributed by atoms with Gasteiger partial charge in [0.05, 0.1) is 20.8 Å². The highest BCUT2D eigenvalue weighted by atomic mass is 16.5. The van der Waals surface area contributed by atoms with E-state index in [4.69, 9.17) is 9.47 Å². The Hall–Kier alpha value is -5.50. The number of imide groups is 2. The van der Waals surface area contributed by atoms with E-state index in [-0.39, 0.29) is 30.2 Å². The van der Waals surface area contributed by atoms with Gasteiger partial charge in [-0.05, 0) is 80.7 Å². The number of unbranched alkanes of at least 4 members (excludes halogenated alkanes) is 9. The van der Waals surface area contributed by atoms with E-state index in [1.807, 2.05) is 36.4 Å². The lowest BCUT2D eigenvalue weighted by Crippen LogP contribution is -2.41. The van der Waals surface area contributed by atoms with Crippen molar-refractivity contribution in [1.82, 2.24) is 9.80 Å². The van der Waals surface area contributed by atoms with Gasteiger partial charge in [0.2, 0.25) is 0 Å². The maximum absolute atomic E-state index is 14.1. The molecule has 0 aromatic heterocycles. The third kappa shape index (κ3) is 5.75. The summed E-state index contributed by atoms with van der Waals surface area (Å²) in [6.45, 7) is 2.71. The Morgan fingerprint density at radius 1 is 0.453 bits per heavy atom. The Morgan fingerprint density at radius 2 is 0.830 bits per heavy atom. The second-order valence-electron chi connectivity index (χ2n) is 14.5. The normalized spacial score (nSPS) is 14.2. The van der Waals surface area contributed by atoms with E-state index in [9.17, 15) is 19.2 Å². The van der Waals surface area contributed by atoms with Crippen LogP contribution in [0.5, 0.6) is 11.5 Å². The first-order chi connectivity index (χ1) is 25.9. The zero-order chi connectivity index (χ0) is 36.8. The molecule has 4 amide bonds. The quantitative estimate of drug-likeness (QED) is 0.0456. The Morgan fingerprint density at radius 3 is 1.23 bits per heavy atom. The van der Waals surface area contributed by atoms with Crippen molar-refractivity contribution in [3.63, 3.8) is 0 Å². The van der Waals surface area contributed by atoms with Gasteiger partial charge in [0.25, 0.3) is 23.6 Å². The van der Waals surface area contributed by atoms with Crippen molar-refractivity contribution in [2.45, 2.75) is 77.7 Å². The van der Waals surface area contributed by atoms with Gasteiger partial charge in [-0.3, -0.25) is 29.0 Å². The molecule has 2 heterocycles. The molecule has 0 unspecified atom stereocenters. The predicted octanol–water partition coefficient (Wildman–Crippen LogP) is 10.1. The molecular formula is C45H44N2O6. The van der Waals surface area contributed by atoms with Crippen LogP contribution in [0.4, 0.5) is 0 Å². The number of hydrogen-bond donors (Lipinski definition) is 0. The highest BCUT2D eigenvalue weighted by molar-refractivity contribution is 6.41. The number of fused-ring (bicyclic) bond motifs is 2. The number of nitrogens with zero attached hydrogens (tertiary/aromatic N) is 2. The van der Waals surface area contributed by atoms with E-state index in [1.54, 1.807) is 44.6 Å². The van der Waals surface area contributed by atoms with E-state index in [0.29, 0.717) is 56.6 Å². The lowest BCUT2D eigenvalue weighted by molar-refractivity contribution is 0.0587. The van der Waals surface area contributed by atoms with Crippen molar-refractivity contribution in [3.05, 3.63) is 94.5 Å². The minimum Gasteiger partial charge on any atom is -0.497 e. The van der Waals surface area contributed by atoms with Crippen LogP contribution < -0.4 is 9.47 Å². The molecular weight excluding hydrogens is 665 g/mol. The molecule has 6 aromatic rings. The van der Waals surface area contributed by atoms with Gasteiger partial charge in [-0.2, -0.15) is 0 Å². The highest BCUT2D eigenvalue weighted by Gasteiger charge is 2.37. The van der Waals surface area contributed by atoms with Gasteiger partial charge in [0, 0.05) is 45.6 Å². The first-order valence-electron chi connectivity index (χ1n) is 19.0. The fraction of sp³-hybridized carbons (Fsp3) is 0.333. The molecule has 270 valence electrons. The van der Waals surface area contributed by atoms with Crippen molar-refractivity contribution >= 4 is 66.7 Å². The molecule has 8 rings (SSSR count). The number of ether oxygens (including phenoxy) is 2. The molecule has 6 aromatic carbocycles. The third-order valence-electron chi connectivity index (χ3n) is 11.3. The van der Waals surface area contributed by atoms with Crippen LogP contribution in [0, 0.1) is 0 Å². The molecule has 0 radical (unpaired) electrons. The van der Waals surface area contributed by atoms with E-state index >= 15 is 0 Å². The van der Waals surface area contributed by atoms with Crippen molar-refractivity contribution < 1.29 is 28.7 Å². The van der Waals surface area contributed by atoms with Crippen LogP contribution in [0.25, 0.3) is 43.1 Å². The number of methoxy groups -OCH3 is 2. The van der Waals surface area contributed by atoms with E-state index < -0.39 is 0 Å². The molecule has 0 aliphatic carbocycles. The first kappa shape index (κ1) is 34.6. The number of hydrogen-bond acceptors (Lipinski definition) is 6. The summed E-state index contributed by atoms with van der Waals surface area (Å²) >= 11 is 0. The van der Waals surface area contributed by atoms with Crippen LogP contribution in [0.3, 0.4) is 0 Å². The van der Waals surface area contributed by atoms with Gasteiger partial charge >= 0.3 is 0 Å². The number of carbonyl (C=O) groups is 4. The van der Waals surface area contributed by atoms with Gasteiger partial charge in [-0.15, -0.1) is 0 Å². The molecule has 0 saturated carbocycles. The Labute approximate surface area is 309 Å². The number of amides is 4. The molecule has 0 saturated heterocycles. The summed E-state index contributed by atoms with van der Waals surface area (Å²) in [7, 11) is 3.12. The molecule has 8 nitrogen and oxygen atoms in total. The molecule has 0 fully saturated rings. The van der Waals surface area contributed by atoms with Crippen LogP contribution in [0.2, 0.25) is 0 Å². The summed E-state index contributed by atoms with van der Waals surface area (Å²) in [4.78, 5) is 58.7. The number of benzene rings is 6. The fourth-order valence-electron chi connectivity index (χ4n) is 8.61. The summed E-state index contributed by atoms with van der Waals surface area (Å²) in [6, 6.07) is 20.4. The summed E-state index contributed by atoms with van der Waals surface area (Å²) < 4.78 is 10.8. The van der Waals surface area contributed by atoms with Crippen LogP contribution in [0.1, 0.15) is 118 Å². The zero-order valence-electron chi connectivity index (χ0n) is 30.7. The van der Waals surface area contributed by atoms with E-state index in [2.05, 4.69) is 6.92 Å².